The molecule has 1 atom stereocenters. The number of rotatable bonds is 5. The van der Waals surface area contributed by atoms with Crippen LogP contribution in [0.5, 0.6) is 0 Å². The lowest BCUT2D eigenvalue weighted by Crippen LogP contribution is -2.45. The number of carbonyl (C=O) groups excluding carboxylic acids is 1. The second-order valence-corrected chi connectivity index (χ2v) is 3.99. The summed E-state index contributed by atoms with van der Waals surface area (Å²) < 4.78 is 0. The minimum absolute atomic E-state index is 0.0387. The van der Waals surface area contributed by atoms with Crippen molar-refractivity contribution < 1.29 is 14.7 Å². The molecule has 1 amide bonds. The van der Waals surface area contributed by atoms with E-state index in [0.29, 0.717) is 12.2 Å². The van der Waals surface area contributed by atoms with Gasteiger partial charge in [0.05, 0.1) is 0 Å². The van der Waals surface area contributed by atoms with Gasteiger partial charge >= 0.3 is 5.97 Å². The van der Waals surface area contributed by atoms with Gasteiger partial charge in [-0.05, 0) is 25.0 Å². The summed E-state index contributed by atoms with van der Waals surface area (Å²) in [6.07, 6.45) is 3.22. The van der Waals surface area contributed by atoms with Crippen molar-refractivity contribution in [1.82, 2.24) is 5.32 Å². The molecule has 0 saturated heterocycles. The van der Waals surface area contributed by atoms with Gasteiger partial charge in [0.25, 0.3) is 0 Å². The smallest absolute Gasteiger partial charge is 0.326 e. The standard InChI is InChI=1S/C9H15NO3S/c11-8(6-2-1-3-6)10-7(4-5-14)9(12)13/h6-7,14H,1-5H2,(H,10,11)(H,12,13). The summed E-state index contributed by atoms with van der Waals surface area (Å²) in [7, 11) is 0. The molecule has 2 N–H and O–H groups in total. The van der Waals surface area contributed by atoms with Gasteiger partial charge in [-0.2, -0.15) is 12.6 Å². The quantitative estimate of drug-likeness (QED) is 0.593. The topological polar surface area (TPSA) is 66.4 Å². The van der Waals surface area contributed by atoms with Gasteiger partial charge in [-0.15, -0.1) is 0 Å². The molecule has 0 radical (unpaired) electrons. The first-order chi connectivity index (χ1) is 6.65. The highest BCUT2D eigenvalue weighted by Crippen LogP contribution is 2.26. The van der Waals surface area contributed by atoms with Gasteiger partial charge in [0.2, 0.25) is 5.91 Å². The Morgan fingerprint density at radius 3 is 2.50 bits per heavy atom. The van der Waals surface area contributed by atoms with Crippen molar-refractivity contribution in [2.75, 3.05) is 5.75 Å². The van der Waals surface area contributed by atoms with Crippen molar-refractivity contribution in [2.45, 2.75) is 31.7 Å². The van der Waals surface area contributed by atoms with Gasteiger partial charge in [0.15, 0.2) is 0 Å². The Hall–Kier alpha value is -0.710. The fourth-order valence-corrected chi connectivity index (χ4v) is 1.60. The van der Waals surface area contributed by atoms with Crippen molar-refractivity contribution >= 4 is 24.5 Å². The average Bonchev–Trinajstić information content (AvgIpc) is 1.99. The third-order valence-corrected chi connectivity index (χ3v) is 2.77. The molecular weight excluding hydrogens is 202 g/mol. The first kappa shape index (κ1) is 11.4. The van der Waals surface area contributed by atoms with Gasteiger partial charge < -0.3 is 10.4 Å². The molecule has 0 spiro atoms. The molecule has 1 aliphatic rings. The van der Waals surface area contributed by atoms with Crippen LogP contribution in [0.1, 0.15) is 25.7 Å². The SMILES string of the molecule is O=C(NC(CCS)C(=O)O)C1CCC1. The fraction of sp³-hybridized carbons (Fsp3) is 0.778. The summed E-state index contributed by atoms with van der Waals surface area (Å²) in [5.41, 5.74) is 0. The third kappa shape index (κ3) is 2.90. The predicted octanol–water partition coefficient (Wildman–Crippen LogP) is 0.676. The summed E-state index contributed by atoms with van der Waals surface area (Å²) in [6, 6.07) is -0.777. The highest BCUT2D eigenvalue weighted by molar-refractivity contribution is 7.80. The maximum atomic E-state index is 11.4. The molecule has 1 saturated carbocycles. The number of carboxylic acids is 1. The first-order valence-corrected chi connectivity index (χ1v) is 5.42. The minimum atomic E-state index is -0.980. The van der Waals surface area contributed by atoms with Crippen LogP contribution in [-0.2, 0) is 9.59 Å². The number of amides is 1. The summed E-state index contributed by atoms with van der Waals surface area (Å²) in [4.78, 5) is 22.1. The molecule has 0 heterocycles. The Balaban J connectivity index is 2.37. The van der Waals surface area contributed by atoms with E-state index in [-0.39, 0.29) is 11.8 Å². The highest BCUT2D eigenvalue weighted by atomic mass is 32.1. The van der Waals surface area contributed by atoms with E-state index in [1.54, 1.807) is 0 Å². The van der Waals surface area contributed by atoms with Crippen molar-refractivity contribution in [3.05, 3.63) is 0 Å². The first-order valence-electron chi connectivity index (χ1n) is 4.79. The van der Waals surface area contributed by atoms with E-state index in [2.05, 4.69) is 17.9 Å². The summed E-state index contributed by atoms with van der Waals surface area (Å²) in [5, 5.41) is 11.3. The largest absolute Gasteiger partial charge is 0.480 e. The van der Waals surface area contributed by atoms with E-state index < -0.39 is 12.0 Å². The molecule has 5 heteroatoms. The molecule has 1 unspecified atom stereocenters. The second kappa shape index (κ2) is 5.24. The monoisotopic (exact) mass is 217 g/mol. The molecule has 0 aromatic carbocycles. The van der Waals surface area contributed by atoms with Gasteiger partial charge in [-0.25, -0.2) is 4.79 Å². The summed E-state index contributed by atoms with van der Waals surface area (Å²) in [6.45, 7) is 0. The Kier molecular flexibility index (Phi) is 4.25. The Morgan fingerprint density at radius 1 is 1.50 bits per heavy atom. The number of aliphatic carboxylic acids is 1. The van der Waals surface area contributed by atoms with Crippen molar-refractivity contribution in [2.24, 2.45) is 5.92 Å². The van der Waals surface area contributed by atoms with E-state index in [9.17, 15) is 9.59 Å². The maximum Gasteiger partial charge on any atom is 0.326 e. The summed E-state index contributed by atoms with van der Waals surface area (Å²) >= 11 is 3.95. The number of hydrogen-bond acceptors (Lipinski definition) is 3. The average molecular weight is 217 g/mol. The molecule has 14 heavy (non-hydrogen) atoms. The third-order valence-electron chi connectivity index (χ3n) is 2.51. The van der Waals surface area contributed by atoms with Gasteiger partial charge in [-0.3, -0.25) is 4.79 Å². The van der Waals surface area contributed by atoms with Crippen molar-refractivity contribution in [3.63, 3.8) is 0 Å². The number of thiol groups is 1. The van der Waals surface area contributed by atoms with Crippen LogP contribution in [0.25, 0.3) is 0 Å². The Labute approximate surface area is 88.5 Å². The van der Waals surface area contributed by atoms with Crippen molar-refractivity contribution in [3.8, 4) is 0 Å². The van der Waals surface area contributed by atoms with Crippen LogP contribution in [0.2, 0.25) is 0 Å². The van der Waals surface area contributed by atoms with Crippen LogP contribution in [0, 0.1) is 5.92 Å². The van der Waals surface area contributed by atoms with Crippen LogP contribution < -0.4 is 5.32 Å². The van der Waals surface area contributed by atoms with Crippen LogP contribution in [0.3, 0.4) is 0 Å². The predicted molar refractivity (Wildman–Crippen MR) is 55.4 cm³/mol. The van der Waals surface area contributed by atoms with Crippen LogP contribution in [0.4, 0.5) is 0 Å². The van der Waals surface area contributed by atoms with E-state index in [4.69, 9.17) is 5.11 Å². The molecule has 1 fully saturated rings. The normalized spacial score (nSPS) is 18.4. The van der Waals surface area contributed by atoms with Gasteiger partial charge in [0, 0.05) is 5.92 Å². The molecular formula is C9H15NO3S. The van der Waals surface area contributed by atoms with Crippen LogP contribution in [-0.4, -0.2) is 28.8 Å². The van der Waals surface area contributed by atoms with E-state index in [1.807, 2.05) is 0 Å². The fourth-order valence-electron chi connectivity index (χ4n) is 1.35. The lowest BCUT2D eigenvalue weighted by Gasteiger charge is -2.25. The Morgan fingerprint density at radius 2 is 2.14 bits per heavy atom. The van der Waals surface area contributed by atoms with E-state index in [1.165, 1.54) is 0 Å². The number of nitrogens with one attached hydrogen (secondary N) is 1. The van der Waals surface area contributed by atoms with E-state index >= 15 is 0 Å². The lowest BCUT2D eigenvalue weighted by atomic mass is 9.84. The molecule has 0 aliphatic heterocycles. The minimum Gasteiger partial charge on any atom is -0.480 e. The molecule has 0 aromatic rings. The zero-order chi connectivity index (χ0) is 10.6. The second-order valence-electron chi connectivity index (χ2n) is 3.54. The van der Waals surface area contributed by atoms with Gasteiger partial charge in [0.1, 0.15) is 6.04 Å². The lowest BCUT2D eigenvalue weighted by molar-refractivity contribution is -0.143. The maximum absolute atomic E-state index is 11.4. The summed E-state index contributed by atoms with van der Waals surface area (Å²) in [5.74, 6) is -0.601. The molecule has 80 valence electrons. The molecule has 0 bridgehead atoms. The zero-order valence-electron chi connectivity index (χ0n) is 7.90. The zero-order valence-corrected chi connectivity index (χ0v) is 8.80. The Bertz CT molecular complexity index is 228. The van der Waals surface area contributed by atoms with E-state index in [0.717, 1.165) is 19.3 Å². The molecule has 4 nitrogen and oxygen atoms in total. The number of hydrogen-bond donors (Lipinski definition) is 3. The highest BCUT2D eigenvalue weighted by Gasteiger charge is 2.28. The van der Waals surface area contributed by atoms with Crippen LogP contribution in [0.15, 0.2) is 0 Å². The van der Waals surface area contributed by atoms with Gasteiger partial charge in [-0.1, -0.05) is 6.42 Å². The van der Waals surface area contributed by atoms with Crippen LogP contribution >= 0.6 is 12.6 Å². The molecule has 0 aromatic heterocycles. The van der Waals surface area contributed by atoms with Crippen molar-refractivity contribution in [1.29, 1.82) is 0 Å². The molecule has 1 rings (SSSR count). The molecule has 1 aliphatic carbocycles. The number of carboxylic acid groups (broad SMARTS) is 1. The number of carbonyl (C=O) groups is 2.